The third-order valence-corrected chi connectivity index (χ3v) is 1.30. The number of hydrogen-bond donors (Lipinski definition) is 0. The fourth-order valence-corrected chi connectivity index (χ4v) is 0.857. The molecule has 1 rings (SSSR count). The summed E-state index contributed by atoms with van der Waals surface area (Å²) >= 11 is 0. The van der Waals surface area contributed by atoms with Crippen LogP contribution in [0.4, 0.5) is 0 Å². The van der Waals surface area contributed by atoms with Crippen LogP contribution >= 0.6 is 0 Å². The monoisotopic (exact) mass is 96.1 g/mol. The first-order valence-electron chi connectivity index (χ1n) is 2.72. The highest BCUT2D eigenvalue weighted by Gasteiger charge is 2.00. The summed E-state index contributed by atoms with van der Waals surface area (Å²) in [5.74, 6) is 0. The number of rotatable bonds is 1. The topological polar surface area (TPSA) is 14.1 Å². The van der Waals surface area contributed by atoms with E-state index in [2.05, 4.69) is 11.4 Å². The van der Waals surface area contributed by atoms with E-state index in [0.29, 0.717) is 0 Å². The van der Waals surface area contributed by atoms with E-state index < -0.39 is 0 Å². The van der Waals surface area contributed by atoms with E-state index in [-0.39, 0.29) is 0 Å². The lowest BCUT2D eigenvalue weighted by atomic mass is 10.3. The molecule has 0 amide bonds. The number of allylic oxidation sites excluding steroid dienone is 2. The van der Waals surface area contributed by atoms with Crippen LogP contribution in [0.1, 0.15) is 19.3 Å². The summed E-state index contributed by atoms with van der Waals surface area (Å²) in [6, 6.07) is 0. The first kappa shape index (κ1) is 4.69. The summed E-state index contributed by atoms with van der Waals surface area (Å²) in [7, 11) is 1.86. The van der Waals surface area contributed by atoms with Crippen molar-refractivity contribution < 1.29 is 0 Å². The van der Waals surface area contributed by atoms with Crippen molar-refractivity contribution in [2.24, 2.45) is 0 Å². The molecular formula is C6H10N. The van der Waals surface area contributed by atoms with Gasteiger partial charge in [-0.1, -0.05) is 6.08 Å². The highest BCUT2D eigenvalue weighted by molar-refractivity contribution is 5.03. The molecule has 1 heteroatoms. The zero-order chi connectivity index (χ0) is 5.11. The highest BCUT2D eigenvalue weighted by atomic mass is 14.8. The van der Waals surface area contributed by atoms with Gasteiger partial charge >= 0.3 is 0 Å². The van der Waals surface area contributed by atoms with Crippen molar-refractivity contribution in [1.82, 2.24) is 5.32 Å². The fraction of sp³-hybridized carbons (Fsp3) is 0.667. The molecule has 0 saturated carbocycles. The van der Waals surface area contributed by atoms with Crippen LogP contribution in [0.15, 0.2) is 11.8 Å². The van der Waals surface area contributed by atoms with Gasteiger partial charge in [-0.15, -0.1) is 0 Å². The highest BCUT2D eigenvalue weighted by Crippen LogP contribution is 2.14. The van der Waals surface area contributed by atoms with E-state index in [0.717, 1.165) is 0 Å². The van der Waals surface area contributed by atoms with E-state index in [9.17, 15) is 0 Å². The van der Waals surface area contributed by atoms with Crippen molar-refractivity contribution in [1.29, 1.82) is 0 Å². The van der Waals surface area contributed by atoms with Gasteiger partial charge in [-0.3, -0.25) is 5.32 Å². The maximum atomic E-state index is 4.05. The molecule has 0 N–H and O–H groups in total. The van der Waals surface area contributed by atoms with Crippen molar-refractivity contribution in [2.45, 2.75) is 19.3 Å². The molecule has 0 atom stereocenters. The average Bonchev–Trinajstić information content (AvgIpc) is 2.14. The molecule has 0 fully saturated rings. The maximum Gasteiger partial charge on any atom is 0.0305 e. The standard InChI is InChI=1S/C6H10N/c1-7-6-4-2-3-5-6/h4H,2-3,5H2,1H3. The Bertz CT molecular complexity index is 84.2. The van der Waals surface area contributed by atoms with Crippen LogP contribution < -0.4 is 5.32 Å². The van der Waals surface area contributed by atoms with Gasteiger partial charge in [0.1, 0.15) is 0 Å². The first-order chi connectivity index (χ1) is 3.43. The molecular weight excluding hydrogens is 86.1 g/mol. The quantitative estimate of drug-likeness (QED) is 0.467. The van der Waals surface area contributed by atoms with Gasteiger partial charge in [0, 0.05) is 12.7 Å². The molecule has 0 aliphatic heterocycles. The lowest BCUT2D eigenvalue weighted by Gasteiger charge is -1.90. The second kappa shape index (κ2) is 2.01. The Morgan fingerprint density at radius 2 is 2.57 bits per heavy atom. The molecule has 1 aliphatic rings. The van der Waals surface area contributed by atoms with Crippen LogP contribution in [0.2, 0.25) is 0 Å². The third-order valence-electron chi connectivity index (χ3n) is 1.30. The van der Waals surface area contributed by atoms with Gasteiger partial charge in [0.25, 0.3) is 0 Å². The lowest BCUT2D eigenvalue weighted by Crippen LogP contribution is -1.91. The van der Waals surface area contributed by atoms with Gasteiger partial charge in [0.15, 0.2) is 0 Å². The van der Waals surface area contributed by atoms with Gasteiger partial charge < -0.3 is 0 Å². The molecule has 0 heterocycles. The molecule has 1 nitrogen and oxygen atoms in total. The molecule has 39 valence electrons. The van der Waals surface area contributed by atoms with Crippen LogP contribution in [0.25, 0.3) is 0 Å². The molecule has 0 aromatic rings. The van der Waals surface area contributed by atoms with Crippen LogP contribution in [0.3, 0.4) is 0 Å². The Kier molecular flexibility index (Phi) is 1.35. The number of hydrogen-bond acceptors (Lipinski definition) is 0. The van der Waals surface area contributed by atoms with Crippen LogP contribution in [0.5, 0.6) is 0 Å². The van der Waals surface area contributed by atoms with Gasteiger partial charge in [0.05, 0.1) is 0 Å². The average molecular weight is 96.2 g/mol. The van der Waals surface area contributed by atoms with Crippen molar-refractivity contribution in [3.8, 4) is 0 Å². The van der Waals surface area contributed by atoms with Crippen LogP contribution in [-0.4, -0.2) is 7.05 Å². The van der Waals surface area contributed by atoms with Crippen molar-refractivity contribution >= 4 is 0 Å². The molecule has 0 spiro atoms. The molecule has 7 heavy (non-hydrogen) atoms. The summed E-state index contributed by atoms with van der Waals surface area (Å²) < 4.78 is 0. The second-order valence-corrected chi connectivity index (χ2v) is 1.81. The Morgan fingerprint density at radius 3 is 2.86 bits per heavy atom. The molecule has 1 aliphatic carbocycles. The van der Waals surface area contributed by atoms with E-state index in [1.807, 2.05) is 7.05 Å². The van der Waals surface area contributed by atoms with Crippen molar-refractivity contribution in [3.63, 3.8) is 0 Å². The lowest BCUT2D eigenvalue weighted by molar-refractivity contribution is 0.839. The van der Waals surface area contributed by atoms with Crippen LogP contribution in [-0.2, 0) is 0 Å². The largest absolute Gasteiger partial charge is 0.293 e. The van der Waals surface area contributed by atoms with E-state index in [1.165, 1.54) is 25.0 Å². The molecule has 0 aromatic carbocycles. The Morgan fingerprint density at radius 1 is 1.71 bits per heavy atom. The Hall–Kier alpha value is -0.460. The first-order valence-corrected chi connectivity index (χ1v) is 2.72. The van der Waals surface area contributed by atoms with Crippen LogP contribution in [0, 0.1) is 0 Å². The number of nitrogens with zero attached hydrogens (tertiary/aromatic N) is 1. The minimum atomic E-state index is 1.20. The molecule has 0 unspecified atom stereocenters. The van der Waals surface area contributed by atoms with Gasteiger partial charge in [-0.2, -0.15) is 0 Å². The van der Waals surface area contributed by atoms with Crippen molar-refractivity contribution in [3.05, 3.63) is 11.8 Å². The summed E-state index contributed by atoms with van der Waals surface area (Å²) in [6.07, 6.45) is 5.97. The summed E-state index contributed by atoms with van der Waals surface area (Å²) in [6.45, 7) is 0. The second-order valence-electron chi connectivity index (χ2n) is 1.81. The Balaban J connectivity index is 2.36. The molecule has 0 saturated heterocycles. The predicted molar refractivity (Wildman–Crippen MR) is 30.0 cm³/mol. The molecule has 0 aromatic heterocycles. The SMILES string of the molecule is C[N]C1=CCCC1. The van der Waals surface area contributed by atoms with Gasteiger partial charge in [-0.25, -0.2) is 0 Å². The third kappa shape index (κ3) is 0.952. The van der Waals surface area contributed by atoms with Crippen molar-refractivity contribution in [2.75, 3.05) is 7.05 Å². The fourth-order valence-electron chi connectivity index (χ4n) is 0.857. The summed E-state index contributed by atoms with van der Waals surface area (Å²) in [5.41, 5.74) is 1.29. The maximum absolute atomic E-state index is 4.05. The van der Waals surface area contributed by atoms with Gasteiger partial charge in [-0.05, 0) is 19.3 Å². The van der Waals surface area contributed by atoms with Gasteiger partial charge in [0.2, 0.25) is 0 Å². The molecule has 0 bridgehead atoms. The normalized spacial score (nSPS) is 19.3. The zero-order valence-electron chi connectivity index (χ0n) is 4.65. The minimum Gasteiger partial charge on any atom is -0.293 e. The predicted octanol–water partition coefficient (Wildman–Crippen LogP) is 1.29. The summed E-state index contributed by atoms with van der Waals surface area (Å²) in [4.78, 5) is 0. The Labute approximate surface area is 44.4 Å². The van der Waals surface area contributed by atoms with E-state index >= 15 is 0 Å². The van der Waals surface area contributed by atoms with E-state index in [4.69, 9.17) is 0 Å². The van der Waals surface area contributed by atoms with E-state index in [1.54, 1.807) is 0 Å². The summed E-state index contributed by atoms with van der Waals surface area (Å²) in [5, 5.41) is 4.05. The molecule has 1 radical (unpaired) electrons. The zero-order valence-corrected chi connectivity index (χ0v) is 4.65. The smallest absolute Gasteiger partial charge is 0.0305 e. The minimum absolute atomic E-state index is 1.20.